The van der Waals surface area contributed by atoms with Gasteiger partial charge in [0.1, 0.15) is 0 Å². The van der Waals surface area contributed by atoms with Crippen LogP contribution in [0.2, 0.25) is 0 Å². The summed E-state index contributed by atoms with van der Waals surface area (Å²) in [6, 6.07) is 17.7. The summed E-state index contributed by atoms with van der Waals surface area (Å²) < 4.78 is 0. The van der Waals surface area contributed by atoms with Gasteiger partial charge in [-0.15, -0.1) is 0 Å². The Labute approximate surface area is 145 Å². The van der Waals surface area contributed by atoms with E-state index < -0.39 is 0 Å². The summed E-state index contributed by atoms with van der Waals surface area (Å²) in [5.74, 6) is 0. The van der Waals surface area contributed by atoms with Crippen molar-refractivity contribution in [1.82, 2.24) is 9.88 Å². The number of anilines is 1. The number of aliphatic hydroxyl groups is 1. The first-order chi connectivity index (χ1) is 12.3. The largest absolute Gasteiger partial charge is 0.394 e. The van der Waals surface area contributed by atoms with Crippen molar-refractivity contribution in [2.45, 2.75) is 18.5 Å². The maximum Gasteiger partial charge on any atom is 0.325 e. The van der Waals surface area contributed by atoms with Crippen LogP contribution in [-0.2, 0) is 6.42 Å². The van der Waals surface area contributed by atoms with Crippen LogP contribution in [0, 0.1) is 0 Å². The Bertz CT molecular complexity index is 950. The Kier molecular flexibility index (Phi) is 3.12. The minimum absolute atomic E-state index is 0.0282. The Balaban J connectivity index is 1.59. The van der Waals surface area contributed by atoms with E-state index in [1.54, 1.807) is 0 Å². The molecule has 0 radical (unpaired) electrons. The molecule has 1 aromatic heterocycles. The van der Waals surface area contributed by atoms with Crippen molar-refractivity contribution >= 4 is 22.6 Å². The number of H-pyrrole nitrogens is 1. The lowest BCUT2D eigenvalue weighted by molar-refractivity contribution is 0.118. The number of hydrogen-bond acceptors (Lipinski definition) is 2. The van der Waals surface area contributed by atoms with E-state index in [1.165, 1.54) is 10.9 Å². The molecule has 2 atom stereocenters. The van der Waals surface area contributed by atoms with Gasteiger partial charge in [0.2, 0.25) is 0 Å². The van der Waals surface area contributed by atoms with Crippen LogP contribution in [-0.4, -0.2) is 40.2 Å². The number of urea groups is 1. The fourth-order valence-corrected chi connectivity index (χ4v) is 4.33. The molecular formula is C20H19N3O2. The average Bonchev–Trinajstić information content (AvgIpc) is 3.19. The molecule has 0 aliphatic carbocycles. The Morgan fingerprint density at radius 3 is 2.64 bits per heavy atom. The number of amides is 2. The predicted octanol–water partition coefficient (Wildman–Crippen LogP) is 3.07. The topological polar surface area (TPSA) is 59.6 Å². The highest BCUT2D eigenvalue weighted by Crippen LogP contribution is 2.41. The molecule has 1 fully saturated rings. The van der Waals surface area contributed by atoms with Crippen molar-refractivity contribution in [2.75, 3.05) is 18.1 Å². The first-order valence-electron chi connectivity index (χ1n) is 8.63. The number of aromatic amines is 1. The third-order valence-electron chi connectivity index (χ3n) is 5.43. The van der Waals surface area contributed by atoms with Crippen molar-refractivity contribution < 1.29 is 9.90 Å². The predicted molar refractivity (Wildman–Crippen MR) is 96.6 cm³/mol. The van der Waals surface area contributed by atoms with Gasteiger partial charge in [0.15, 0.2) is 0 Å². The summed E-state index contributed by atoms with van der Waals surface area (Å²) in [5, 5.41) is 11.2. The number of benzene rings is 2. The summed E-state index contributed by atoms with van der Waals surface area (Å²) in [6.45, 7) is 0.572. The van der Waals surface area contributed by atoms with E-state index in [2.05, 4.69) is 11.1 Å². The molecular weight excluding hydrogens is 314 g/mol. The van der Waals surface area contributed by atoms with Crippen LogP contribution < -0.4 is 4.90 Å². The van der Waals surface area contributed by atoms with E-state index in [0.29, 0.717) is 6.54 Å². The number of hydrogen-bond donors (Lipinski definition) is 2. The van der Waals surface area contributed by atoms with E-state index in [0.717, 1.165) is 23.3 Å². The van der Waals surface area contributed by atoms with Crippen molar-refractivity contribution in [3.63, 3.8) is 0 Å². The number of carbonyl (C=O) groups is 1. The normalized spacial score (nSPS) is 22.4. The van der Waals surface area contributed by atoms with Gasteiger partial charge in [-0.25, -0.2) is 4.79 Å². The second-order valence-corrected chi connectivity index (χ2v) is 6.76. The van der Waals surface area contributed by atoms with E-state index >= 15 is 0 Å². The molecule has 3 aromatic rings. The summed E-state index contributed by atoms with van der Waals surface area (Å²) in [5.41, 5.74) is 4.19. The Morgan fingerprint density at radius 2 is 1.84 bits per heavy atom. The second kappa shape index (κ2) is 5.36. The zero-order valence-corrected chi connectivity index (χ0v) is 13.7. The zero-order chi connectivity index (χ0) is 17.0. The molecule has 0 bridgehead atoms. The smallest absolute Gasteiger partial charge is 0.325 e. The lowest BCUT2D eigenvalue weighted by Crippen LogP contribution is -2.44. The van der Waals surface area contributed by atoms with E-state index in [1.807, 2.05) is 58.3 Å². The summed E-state index contributed by atoms with van der Waals surface area (Å²) >= 11 is 0. The number of fused-ring (bicyclic) bond motifs is 4. The van der Waals surface area contributed by atoms with Crippen molar-refractivity contribution in [3.05, 3.63) is 65.9 Å². The van der Waals surface area contributed by atoms with Gasteiger partial charge in [-0.1, -0.05) is 36.4 Å². The number of nitrogens with one attached hydrogen (secondary N) is 1. The first kappa shape index (κ1) is 14.5. The van der Waals surface area contributed by atoms with Crippen molar-refractivity contribution in [1.29, 1.82) is 0 Å². The SMILES string of the molecule is O=C1N(c2ccccc2)CC2Cc3c([nH]c4ccccc34)C(CO)N12. The van der Waals surface area contributed by atoms with Gasteiger partial charge in [-0.05, 0) is 30.2 Å². The number of aliphatic hydroxyl groups excluding tert-OH is 1. The van der Waals surface area contributed by atoms with Gasteiger partial charge in [0, 0.05) is 28.8 Å². The summed E-state index contributed by atoms with van der Waals surface area (Å²) in [4.78, 5) is 20.2. The fourth-order valence-electron chi connectivity index (χ4n) is 4.33. The molecule has 5 nitrogen and oxygen atoms in total. The highest BCUT2D eigenvalue weighted by molar-refractivity contribution is 5.96. The van der Waals surface area contributed by atoms with Crippen LogP contribution in [0.15, 0.2) is 54.6 Å². The molecule has 2 amide bonds. The average molecular weight is 333 g/mol. The summed E-state index contributed by atoms with van der Waals surface area (Å²) in [7, 11) is 0. The van der Waals surface area contributed by atoms with Crippen LogP contribution in [0.1, 0.15) is 17.3 Å². The third-order valence-corrected chi connectivity index (χ3v) is 5.43. The quantitative estimate of drug-likeness (QED) is 0.757. The van der Waals surface area contributed by atoms with Crippen LogP contribution in [0.25, 0.3) is 10.9 Å². The van der Waals surface area contributed by atoms with Gasteiger partial charge in [-0.3, -0.25) is 4.90 Å². The molecule has 2 aromatic carbocycles. The van der Waals surface area contributed by atoms with Crippen LogP contribution in [0.5, 0.6) is 0 Å². The lowest BCUT2D eigenvalue weighted by Gasteiger charge is -2.35. The minimum Gasteiger partial charge on any atom is -0.394 e. The maximum absolute atomic E-state index is 13.1. The monoisotopic (exact) mass is 333 g/mol. The molecule has 126 valence electrons. The van der Waals surface area contributed by atoms with Crippen molar-refractivity contribution in [2.24, 2.45) is 0 Å². The molecule has 3 heterocycles. The molecule has 5 heteroatoms. The number of para-hydroxylation sites is 2. The third kappa shape index (κ3) is 2.02. The molecule has 5 rings (SSSR count). The number of carbonyl (C=O) groups excluding carboxylic acids is 1. The van der Waals surface area contributed by atoms with Crippen LogP contribution >= 0.6 is 0 Å². The molecule has 2 unspecified atom stereocenters. The molecule has 1 saturated heterocycles. The van der Waals surface area contributed by atoms with E-state index in [4.69, 9.17) is 0 Å². The highest BCUT2D eigenvalue weighted by atomic mass is 16.3. The Hall–Kier alpha value is -2.79. The Morgan fingerprint density at radius 1 is 1.08 bits per heavy atom. The number of rotatable bonds is 2. The van der Waals surface area contributed by atoms with Crippen LogP contribution in [0.3, 0.4) is 0 Å². The maximum atomic E-state index is 13.1. The second-order valence-electron chi connectivity index (χ2n) is 6.76. The molecule has 0 saturated carbocycles. The molecule has 2 N–H and O–H groups in total. The van der Waals surface area contributed by atoms with Gasteiger partial charge < -0.3 is 15.0 Å². The van der Waals surface area contributed by atoms with Crippen molar-refractivity contribution in [3.8, 4) is 0 Å². The van der Waals surface area contributed by atoms with Gasteiger partial charge in [-0.2, -0.15) is 0 Å². The molecule has 2 aliphatic heterocycles. The van der Waals surface area contributed by atoms with E-state index in [-0.39, 0.29) is 24.7 Å². The zero-order valence-electron chi connectivity index (χ0n) is 13.7. The first-order valence-corrected chi connectivity index (χ1v) is 8.63. The van der Waals surface area contributed by atoms with E-state index in [9.17, 15) is 9.90 Å². The standard InChI is InChI=1S/C20H19N3O2/c24-12-18-19-16(15-8-4-5-9-17(15)21-19)10-14-11-22(20(25)23(14)18)13-6-2-1-3-7-13/h1-9,14,18,21,24H,10-12H2. The minimum atomic E-state index is -0.317. The fraction of sp³-hybridized carbons (Fsp3) is 0.250. The number of nitrogens with zero attached hydrogens (tertiary/aromatic N) is 2. The molecule has 0 spiro atoms. The lowest BCUT2D eigenvalue weighted by atomic mass is 9.93. The summed E-state index contributed by atoms with van der Waals surface area (Å²) in [6.07, 6.45) is 0.810. The number of aromatic nitrogens is 1. The van der Waals surface area contributed by atoms with Gasteiger partial charge in [0.25, 0.3) is 0 Å². The molecule has 25 heavy (non-hydrogen) atoms. The van der Waals surface area contributed by atoms with Gasteiger partial charge in [0.05, 0.1) is 18.7 Å². The van der Waals surface area contributed by atoms with Gasteiger partial charge >= 0.3 is 6.03 Å². The highest BCUT2D eigenvalue weighted by Gasteiger charge is 2.46. The van der Waals surface area contributed by atoms with Crippen LogP contribution in [0.4, 0.5) is 10.5 Å². The molecule has 2 aliphatic rings.